The van der Waals surface area contributed by atoms with E-state index in [1.165, 1.54) is 0 Å². The van der Waals surface area contributed by atoms with Gasteiger partial charge in [0.25, 0.3) is 0 Å². The molecule has 5 heteroatoms. The molecule has 1 atom stereocenters. The zero-order valence-corrected chi connectivity index (χ0v) is 13.7. The van der Waals surface area contributed by atoms with Gasteiger partial charge in [-0.1, -0.05) is 36.4 Å². The van der Waals surface area contributed by atoms with E-state index in [2.05, 4.69) is 12.1 Å². The summed E-state index contributed by atoms with van der Waals surface area (Å²) in [7, 11) is 0. The summed E-state index contributed by atoms with van der Waals surface area (Å²) < 4.78 is 22.9. The largest absolute Gasteiger partial charge is 0.488 e. The van der Waals surface area contributed by atoms with Gasteiger partial charge >= 0.3 is 0 Å². The zero-order chi connectivity index (χ0) is 16.3. The predicted octanol–water partition coefficient (Wildman–Crippen LogP) is 3.06. The van der Waals surface area contributed by atoms with Gasteiger partial charge in [-0.2, -0.15) is 0 Å². The number of rotatable bonds is 0. The lowest BCUT2D eigenvalue weighted by Crippen LogP contribution is -2.13. The van der Waals surface area contributed by atoms with E-state index in [0.29, 0.717) is 31.1 Å². The third kappa shape index (κ3) is 2.01. The highest BCUT2D eigenvalue weighted by Crippen LogP contribution is 2.39. The van der Waals surface area contributed by atoms with E-state index in [4.69, 9.17) is 8.92 Å². The van der Waals surface area contributed by atoms with E-state index < -0.39 is 11.1 Å². The van der Waals surface area contributed by atoms with Crippen LogP contribution in [0.15, 0.2) is 42.0 Å². The van der Waals surface area contributed by atoms with E-state index in [0.717, 1.165) is 39.0 Å². The van der Waals surface area contributed by atoms with Crippen LogP contribution in [0.1, 0.15) is 38.2 Å². The molecule has 0 bridgehead atoms. The Labute approximate surface area is 141 Å². The number of Topliss-reactive ketones (excluding diaryl/α,β-unsaturated/α-hetero) is 1. The number of hydrogen-bond acceptors (Lipinski definition) is 4. The summed E-state index contributed by atoms with van der Waals surface area (Å²) in [5.74, 6) is 1.19. The maximum atomic E-state index is 12.7. The van der Waals surface area contributed by atoms with Gasteiger partial charge in [0.2, 0.25) is 0 Å². The summed E-state index contributed by atoms with van der Waals surface area (Å²) in [5, 5.41) is 0. The molecule has 0 aromatic heterocycles. The van der Waals surface area contributed by atoms with E-state index in [-0.39, 0.29) is 5.78 Å². The van der Waals surface area contributed by atoms with Crippen LogP contribution in [0.5, 0.6) is 0 Å². The van der Waals surface area contributed by atoms with Crippen molar-refractivity contribution in [3.63, 3.8) is 0 Å². The molecule has 2 aliphatic heterocycles. The molecule has 24 heavy (non-hydrogen) atoms. The van der Waals surface area contributed by atoms with Gasteiger partial charge in [-0.3, -0.25) is 8.98 Å². The quantitative estimate of drug-likeness (QED) is 0.741. The summed E-state index contributed by atoms with van der Waals surface area (Å²) >= 11 is -1.25. The fraction of sp³-hybridized carbons (Fsp3) is 0.211. The van der Waals surface area contributed by atoms with Gasteiger partial charge in [-0.05, 0) is 22.3 Å². The molecule has 2 heterocycles. The Morgan fingerprint density at radius 1 is 0.917 bits per heavy atom. The Bertz CT molecular complexity index is 958. The standard InChI is InChI=1S/C19H14O4S/c20-18-15-3-1-2-4-16(15)19-17(18)7-11-5-13-9-23-24(21)10-14(13)6-12(11)8-22-19/h1-6H,7-10H2. The second kappa shape index (κ2) is 5.13. The highest BCUT2D eigenvalue weighted by molar-refractivity contribution is 7.79. The average molecular weight is 338 g/mol. The molecule has 0 amide bonds. The predicted molar refractivity (Wildman–Crippen MR) is 89.3 cm³/mol. The highest BCUT2D eigenvalue weighted by atomic mass is 32.2. The molecule has 1 aliphatic carbocycles. The third-order valence-corrected chi connectivity index (χ3v) is 5.77. The zero-order valence-electron chi connectivity index (χ0n) is 12.8. The molecule has 0 N–H and O–H groups in total. The van der Waals surface area contributed by atoms with E-state index in [9.17, 15) is 9.00 Å². The molecule has 1 unspecified atom stereocenters. The van der Waals surface area contributed by atoms with Crippen molar-refractivity contribution in [3.8, 4) is 0 Å². The van der Waals surface area contributed by atoms with Gasteiger partial charge in [0.15, 0.2) is 16.9 Å². The number of allylic oxidation sites excluding steroid dienone is 1. The first-order valence-electron chi connectivity index (χ1n) is 7.86. The Hall–Kier alpha value is -2.24. The minimum absolute atomic E-state index is 0.0588. The number of carbonyl (C=O) groups excluding carboxylic acids is 1. The van der Waals surface area contributed by atoms with Gasteiger partial charge in [-0.15, -0.1) is 0 Å². The van der Waals surface area contributed by atoms with Crippen molar-refractivity contribution in [1.29, 1.82) is 0 Å². The fourth-order valence-corrected chi connectivity index (χ4v) is 4.49. The van der Waals surface area contributed by atoms with Crippen molar-refractivity contribution < 1.29 is 17.9 Å². The van der Waals surface area contributed by atoms with Crippen LogP contribution in [0.3, 0.4) is 0 Å². The molecule has 0 fully saturated rings. The Balaban J connectivity index is 1.59. The van der Waals surface area contributed by atoms with Crippen LogP contribution in [0, 0.1) is 0 Å². The number of carbonyl (C=O) groups is 1. The van der Waals surface area contributed by atoms with Crippen LogP contribution in [-0.2, 0) is 45.4 Å². The number of benzene rings is 2. The normalized spacial score (nSPS) is 21.3. The molecule has 4 nitrogen and oxygen atoms in total. The molecular weight excluding hydrogens is 324 g/mol. The Morgan fingerprint density at radius 3 is 2.54 bits per heavy atom. The lowest BCUT2D eigenvalue weighted by molar-refractivity contribution is 0.103. The minimum Gasteiger partial charge on any atom is -0.488 e. The Morgan fingerprint density at radius 2 is 1.67 bits per heavy atom. The Kier molecular flexibility index (Phi) is 3.02. The maximum Gasteiger partial charge on any atom is 0.193 e. The number of ether oxygens (including phenoxy) is 1. The molecule has 2 aromatic carbocycles. The smallest absolute Gasteiger partial charge is 0.193 e. The SMILES string of the molecule is O=C1C2=C(OCc3cc4c(cc3C2)COS(=O)C4)c2ccccc21. The summed E-state index contributed by atoms with van der Waals surface area (Å²) in [6.07, 6.45) is 0.564. The van der Waals surface area contributed by atoms with Gasteiger partial charge in [0, 0.05) is 23.1 Å². The molecule has 5 rings (SSSR count). The van der Waals surface area contributed by atoms with Crippen LogP contribution >= 0.6 is 0 Å². The summed E-state index contributed by atoms with van der Waals surface area (Å²) in [5.41, 5.74) is 6.61. The van der Waals surface area contributed by atoms with Crippen molar-refractivity contribution in [2.75, 3.05) is 0 Å². The maximum absolute atomic E-state index is 12.7. The summed E-state index contributed by atoms with van der Waals surface area (Å²) in [4.78, 5) is 12.7. The van der Waals surface area contributed by atoms with Crippen LogP contribution in [-0.4, -0.2) is 9.99 Å². The van der Waals surface area contributed by atoms with E-state index >= 15 is 0 Å². The van der Waals surface area contributed by atoms with Crippen LogP contribution in [0.2, 0.25) is 0 Å². The van der Waals surface area contributed by atoms with Gasteiger partial charge in [0.1, 0.15) is 12.4 Å². The van der Waals surface area contributed by atoms with Crippen LogP contribution in [0.4, 0.5) is 0 Å². The van der Waals surface area contributed by atoms with Crippen LogP contribution < -0.4 is 0 Å². The fourth-order valence-electron chi connectivity index (χ4n) is 3.63. The van der Waals surface area contributed by atoms with Crippen molar-refractivity contribution in [2.24, 2.45) is 0 Å². The molecule has 0 saturated carbocycles. The minimum atomic E-state index is -1.25. The molecule has 0 saturated heterocycles. The topological polar surface area (TPSA) is 52.6 Å². The molecule has 0 radical (unpaired) electrons. The first-order chi connectivity index (χ1) is 11.7. The van der Waals surface area contributed by atoms with E-state index in [1.54, 1.807) is 0 Å². The molecule has 0 spiro atoms. The third-order valence-electron chi connectivity index (χ3n) is 4.84. The van der Waals surface area contributed by atoms with Crippen molar-refractivity contribution in [3.05, 3.63) is 75.4 Å². The lowest BCUT2D eigenvalue weighted by atomic mass is 9.94. The lowest BCUT2D eigenvalue weighted by Gasteiger charge is -2.19. The van der Waals surface area contributed by atoms with Gasteiger partial charge in [0.05, 0.1) is 12.4 Å². The number of ketones is 1. The van der Waals surface area contributed by atoms with E-state index in [1.807, 2.05) is 24.3 Å². The molecule has 2 aromatic rings. The summed E-state index contributed by atoms with van der Waals surface area (Å²) in [6.45, 7) is 0.784. The average Bonchev–Trinajstić information content (AvgIpc) is 2.75. The van der Waals surface area contributed by atoms with Crippen molar-refractivity contribution in [2.45, 2.75) is 25.4 Å². The number of fused-ring (bicyclic) bond motifs is 4. The van der Waals surface area contributed by atoms with Gasteiger partial charge < -0.3 is 4.74 Å². The van der Waals surface area contributed by atoms with Crippen molar-refractivity contribution >= 4 is 22.6 Å². The molecule has 3 aliphatic rings. The monoisotopic (exact) mass is 338 g/mol. The highest BCUT2D eigenvalue weighted by Gasteiger charge is 2.33. The first-order valence-corrected chi connectivity index (χ1v) is 9.10. The second-order valence-corrected chi connectivity index (χ2v) is 7.38. The van der Waals surface area contributed by atoms with Crippen LogP contribution in [0.25, 0.3) is 5.76 Å². The van der Waals surface area contributed by atoms with Gasteiger partial charge in [-0.25, -0.2) is 4.21 Å². The first kappa shape index (κ1) is 14.1. The molecule has 120 valence electrons. The molecular formula is C19H14O4S. The number of hydrogen-bond donors (Lipinski definition) is 0. The summed E-state index contributed by atoms with van der Waals surface area (Å²) in [6, 6.07) is 11.7. The second-order valence-electron chi connectivity index (χ2n) is 6.25. The van der Waals surface area contributed by atoms with Crippen molar-refractivity contribution in [1.82, 2.24) is 0 Å².